The van der Waals surface area contributed by atoms with Crippen LogP contribution in [-0.2, 0) is 9.47 Å². The lowest BCUT2D eigenvalue weighted by Gasteiger charge is -2.40. The van der Waals surface area contributed by atoms with Crippen molar-refractivity contribution in [1.29, 1.82) is 0 Å². The molecule has 1 spiro atoms. The van der Waals surface area contributed by atoms with Gasteiger partial charge in [-0.15, -0.1) is 0 Å². The van der Waals surface area contributed by atoms with Gasteiger partial charge in [-0.2, -0.15) is 0 Å². The maximum atomic E-state index is 6.03. The van der Waals surface area contributed by atoms with E-state index in [0.717, 1.165) is 43.9 Å². The predicted molar refractivity (Wildman–Crippen MR) is 80.6 cm³/mol. The van der Waals surface area contributed by atoms with Crippen LogP contribution >= 0.6 is 0 Å². The predicted octanol–water partition coefficient (Wildman–Crippen LogP) is 1.79. The molecule has 0 aromatic carbocycles. The monoisotopic (exact) mass is 291 g/mol. The highest BCUT2D eigenvalue weighted by Crippen LogP contribution is 2.41. The van der Waals surface area contributed by atoms with Crippen LogP contribution in [0.15, 0.2) is 12.1 Å². The van der Waals surface area contributed by atoms with Crippen LogP contribution < -0.4 is 11.3 Å². The number of nitrogens with two attached hydrogens (primary N) is 1. The molecular weight excluding hydrogens is 266 g/mol. The van der Waals surface area contributed by atoms with Crippen molar-refractivity contribution < 1.29 is 9.47 Å². The Kier molecular flexibility index (Phi) is 4.26. The molecule has 2 saturated heterocycles. The lowest BCUT2D eigenvalue weighted by molar-refractivity contribution is -0.103. The third-order valence-corrected chi connectivity index (χ3v) is 4.85. The van der Waals surface area contributed by atoms with E-state index >= 15 is 0 Å². The van der Waals surface area contributed by atoms with Crippen molar-refractivity contribution in [1.82, 2.24) is 10.4 Å². The van der Waals surface area contributed by atoms with E-state index in [-0.39, 0.29) is 11.6 Å². The van der Waals surface area contributed by atoms with Crippen LogP contribution in [-0.4, -0.2) is 30.4 Å². The van der Waals surface area contributed by atoms with Crippen molar-refractivity contribution in [3.8, 4) is 0 Å². The molecule has 116 valence electrons. The van der Waals surface area contributed by atoms with E-state index in [0.29, 0.717) is 12.5 Å². The van der Waals surface area contributed by atoms with E-state index in [2.05, 4.69) is 29.5 Å². The molecule has 2 fully saturated rings. The second kappa shape index (κ2) is 6.01. The zero-order valence-corrected chi connectivity index (χ0v) is 12.9. The number of hydrazine groups is 1. The molecule has 1 aromatic rings. The van der Waals surface area contributed by atoms with E-state index in [9.17, 15) is 0 Å². The topological polar surface area (TPSA) is 69.4 Å². The standard InChI is InChI=1S/C16H25N3O2/c1-11-3-4-14(12(2)18-11)15(19-17)13-5-7-21-16(9-13)6-8-20-10-16/h3-4,13,15,19H,5-10,17H2,1-2H3. The van der Waals surface area contributed by atoms with Gasteiger partial charge in [-0.3, -0.25) is 16.3 Å². The Balaban J connectivity index is 1.82. The van der Waals surface area contributed by atoms with E-state index < -0.39 is 0 Å². The quantitative estimate of drug-likeness (QED) is 0.656. The van der Waals surface area contributed by atoms with Gasteiger partial charge in [0.05, 0.1) is 18.2 Å². The highest BCUT2D eigenvalue weighted by atomic mass is 16.6. The first-order valence-electron chi connectivity index (χ1n) is 7.75. The molecule has 5 heteroatoms. The van der Waals surface area contributed by atoms with Crippen LogP contribution in [0, 0.1) is 19.8 Å². The van der Waals surface area contributed by atoms with Crippen molar-refractivity contribution >= 4 is 0 Å². The summed E-state index contributed by atoms with van der Waals surface area (Å²) in [6.07, 6.45) is 3.00. The summed E-state index contributed by atoms with van der Waals surface area (Å²) in [6, 6.07) is 4.33. The highest BCUT2D eigenvalue weighted by molar-refractivity contribution is 5.26. The smallest absolute Gasteiger partial charge is 0.0940 e. The SMILES string of the molecule is Cc1ccc(C(NN)C2CCOC3(CCOC3)C2)c(C)n1. The lowest BCUT2D eigenvalue weighted by Crippen LogP contribution is -2.45. The van der Waals surface area contributed by atoms with Crippen LogP contribution in [0.3, 0.4) is 0 Å². The summed E-state index contributed by atoms with van der Waals surface area (Å²) in [4.78, 5) is 4.57. The molecule has 0 aliphatic carbocycles. The van der Waals surface area contributed by atoms with Gasteiger partial charge in [0.15, 0.2) is 0 Å². The molecule has 3 N–H and O–H groups in total. The van der Waals surface area contributed by atoms with Gasteiger partial charge in [0.25, 0.3) is 0 Å². The fourth-order valence-corrected chi connectivity index (χ4v) is 3.72. The third-order valence-electron chi connectivity index (χ3n) is 4.85. The Morgan fingerprint density at radius 1 is 1.38 bits per heavy atom. The Bertz CT molecular complexity index is 500. The zero-order chi connectivity index (χ0) is 14.9. The summed E-state index contributed by atoms with van der Waals surface area (Å²) in [5, 5.41) is 0. The molecule has 2 aliphatic heterocycles. The number of pyridine rings is 1. The Labute approximate surface area is 126 Å². The molecule has 3 rings (SSSR count). The maximum Gasteiger partial charge on any atom is 0.0940 e. The van der Waals surface area contributed by atoms with E-state index in [1.165, 1.54) is 5.56 Å². The maximum absolute atomic E-state index is 6.03. The second-order valence-electron chi connectivity index (χ2n) is 6.36. The van der Waals surface area contributed by atoms with Crippen LogP contribution in [0.2, 0.25) is 0 Å². The number of hydrogen-bond donors (Lipinski definition) is 2. The molecular formula is C16H25N3O2. The number of ether oxygens (including phenoxy) is 2. The van der Waals surface area contributed by atoms with Crippen molar-refractivity contribution in [2.45, 2.75) is 44.8 Å². The first-order chi connectivity index (χ1) is 10.1. The number of aryl methyl sites for hydroxylation is 2. The van der Waals surface area contributed by atoms with Gasteiger partial charge in [-0.25, -0.2) is 0 Å². The molecule has 5 nitrogen and oxygen atoms in total. The average molecular weight is 291 g/mol. The summed E-state index contributed by atoms with van der Waals surface area (Å²) >= 11 is 0. The summed E-state index contributed by atoms with van der Waals surface area (Å²) in [5.74, 6) is 6.33. The van der Waals surface area contributed by atoms with Gasteiger partial charge in [-0.1, -0.05) is 6.07 Å². The molecule has 0 radical (unpaired) electrons. The summed E-state index contributed by atoms with van der Waals surface area (Å²) in [6.45, 7) is 6.37. The van der Waals surface area contributed by atoms with Crippen molar-refractivity contribution in [3.05, 3.63) is 29.1 Å². The minimum atomic E-state index is -0.0932. The van der Waals surface area contributed by atoms with Gasteiger partial charge in [0, 0.05) is 31.0 Å². The van der Waals surface area contributed by atoms with Gasteiger partial charge >= 0.3 is 0 Å². The molecule has 21 heavy (non-hydrogen) atoms. The summed E-state index contributed by atoms with van der Waals surface area (Å²) < 4.78 is 11.6. The van der Waals surface area contributed by atoms with Gasteiger partial charge in [-0.05, 0) is 44.2 Å². The van der Waals surface area contributed by atoms with Crippen LogP contribution in [0.4, 0.5) is 0 Å². The van der Waals surface area contributed by atoms with Gasteiger partial charge in [0.1, 0.15) is 0 Å². The molecule has 2 aliphatic rings. The highest BCUT2D eigenvalue weighted by Gasteiger charge is 2.43. The first kappa shape index (κ1) is 14.9. The number of hydrogen-bond acceptors (Lipinski definition) is 5. The van der Waals surface area contributed by atoms with Gasteiger partial charge in [0.2, 0.25) is 0 Å². The van der Waals surface area contributed by atoms with E-state index in [4.69, 9.17) is 15.3 Å². The Hall–Kier alpha value is -1.01. The molecule has 1 aromatic heterocycles. The minimum absolute atomic E-state index is 0.0932. The normalized spacial score (nSPS) is 30.7. The molecule has 0 amide bonds. The number of nitrogens with zero attached hydrogens (tertiary/aromatic N) is 1. The summed E-state index contributed by atoms with van der Waals surface area (Å²) in [7, 11) is 0. The van der Waals surface area contributed by atoms with Crippen LogP contribution in [0.5, 0.6) is 0 Å². The minimum Gasteiger partial charge on any atom is -0.378 e. The fraction of sp³-hybridized carbons (Fsp3) is 0.688. The van der Waals surface area contributed by atoms with E-state index in [1.807, 2.05) is 6.92 Å². The first-order valence-corrected chi connectivity index (χ1v) is 7.75. The molecule has 0 bridgehead atoms. The lowest BCUT2D eigenvalue weighted by atomic mass is 9.79. The van der Waals surface area contributed by atoms with Gasteiger partial charge < -0.3 is 9.47 Å². The molecule has 3 heterocycles. The molecule has 3 unspecified atom stereocenters. The number of aromatic nitrogens is 1. The summed E-state index contributed by atoms with van der Waals surface area (Å²) in [5.41, 5.74) is 6.22. The van der Waals surface area contributed by atoms with Crippen LogP contribution in [0.25, 0.3) is 0 Å². The number of nitrogens with one attached hydrogen (secondary N) is 1. The zero-order valence-electron chi connectivity index (χ0n) is 12.9. The number of rotatable bonds is 3. The van der Waals surface area contributed by atoms with Crippen molar-refractivity contribution in [2.24, 2.45) is 11.8 Å². The van der Waals surface area contributed by atoms with Crippen molar-refractivity contribution in [3.63, 3.8) is 0 Å². The van der Waals surface area contributed by atoms with E-state index in [1.54, 1.807) is 0 Å². The Morgan fingerprint density at radius 2 is 2.24 bits per heavy atom. The largest absolute Gasteiger partial charge is 0.378 e. The van der Waals surface area contributed by atoms with Crippen LogP contribution in [0.1, 0.15) is 42.3 Å². The fourth-order valence-electron chi connectivity index (χ4n) is 3.72. The van der Waals surface area contributed by atoms with Crippen molar-refractivity contribution in [2.75, 3.05) is 19.8 Å². The third kappa shape index (κ3) is 2.97. The molecule has 3 atom stereocenters. The average Bonchev–Trinajstić information content (AvgIpc) is 2.90. The molecule has 0 saturated carbocycles. The second-order valence-corrected chi connectivity index (χ2v) is 6.36. The Morgan fingerprint density at radius 3 is 2.90 bits per heavy atom.